The van der Waals surface area contributed by atoms with Gasteiger partial charge in [-0.15, -0.1) is 0 Å². The molecule has 0 aliphatic heterocycles. The number of hydrogen-bond acceptors (Lipinski definition) is 3. The number of aromatic hydroxyl groups is 2. The van der Waals surface area contributed by atoms with Gasteiger partial charge in [0, 0.05) is 17.3 Å². The molecule has 0 fully saturated rings. The lowest BCUT2D eigenvalue weighted by Gasteiger charge is -2.18. The number of nitrogens with zero attached hydrogens (tertiary/aromatic N) is 1. The molecule has 0 amide bonds. The number of phenols is 2. The van der Waals surface area contributed by atoms with Crippen LogP contribution in [0.3, 0.4) is 0 Å². The molecule has 0 radical (unpaired) electrons. The Balaban J connectivity index is 1.90. The van der Waals surface area contributed by atoms with Gasteiger partial charge in [0.15, 0.2) is 0 Å². The summed E-state index contributed by atoms with van der Waals surface area (Å²) in [6, 6.07) is 28.1. The van der Waals surface area contributed by atoms with Crippen LogP contribution in [0.15, 0.2) is 96.0 Å². The number of benzene rings is 4. The van der Waals surface area contributed by atoms with E-state index in [-0.39, 0.29) is 11.5 Å². The van der Waals surface area contributed by atoms with Gasteiger partial charge in [0.25, 0.3) is 0 Å². The van der Waals surface area contributed by atoms with Crippen molar-refractivity contribution in [1.82, 2.24) is 0 Å². The molecule has 4 aromatic carbocycles. The maximum absolute atomic E-state index is 10.7. The van der Waals surface area contributed by atoms with Crippen LogP contribution in [-0.4, -0.2) is 16.4 Å². The van der Waals surface area contributed by atoms with Crippen LogP contribution >= 0.6 is 0 Å². The van der Waals surface area contributed by atoms with Gasteiger partial charge in [0.1, 0.15) is 17.5 Å². The molecule has 0 saturated carbocycles. The third kappa shape index (κ3) is 3.40. The Hall–Kier alpha value is -3.59. The molecule has 4 aromatic rings. The lowest BCUT2D eigenvalue weighted by Crippen LogP contribution is -2.01. The van der Waals surface area contributed by atoms with E-state index in [9.17, 15) is 10.2 Å². The first-order valence-corrected chi connectivity index (χ1v) is 8.81. The third-order valence-electron chi connectivity index (χ3n) is 4.64. The first-order chi connectivity index (χ1) is 13.2. The Kier molecular flexibility index (Phi) is 4.58. The molecule has 0 spiro atoms. The molecule has 27 heavy (non-hydrogen) atoms. The Morgan fingerprint density at radius 1 is 0.667 bits per heavy atom. The summed E-state index contributed by atoms with van der Waals surface area (Å²) in [5.74, 6) is 0.382. The quantitative estimate of drug-likeness (QED) is 0.479. The van der Waals surface area contributed by atoms with Gasteiger partial charge in [0.05, 0.1) is 0 Å². The third-order valence-corrected chi connectivity index (χ3v) is 4.64. The fourth-order valence-electron chi connectivity index (χ4n) is 3.29. The Labute approximate surface area is 157 Å². The summed E-state index contributed by atoms with van der Waals surface area (Å²) in [4.78, 5) is 4.76. The largest absolute Gasteiger partial charge is 0.508 e. The van der Waals surface area contributed by atoms with Crippen LogP contribution in [0.1, 0.15) is 22.7 Å². The predicted molar refractivity (Wildman–Crippen MR) is 110 cm³/mol. The first kappa shape index (κ1) is 16.9. The zero-order valence-electron chi connectivity index (χ0n) is 14.7. The minimum atomic E-state index is -0.392. The number of rotatable bonds is 4. The van der Waals surface area contributed by atoms with Gasteiger partial charge in [-0.05, 0) is 34.5 Å². The van der Waals surface area contributed by atoms with Gasteiger partial charge < -0.3 is 10.2 Å². The monoisotopic (exact) mass is 353 g/mol. The van der Waals surface area contributed by atoms with Crippen molar-refractivity contribution < 1.29 is 10.2 Å². The van der Waals surface area contributed by atoms with Gasteiger partial charge in [0.2, 0.25) is 0 Å². The number of fused-ring (bicyclic) bond motifs is 1. The number of phenolic OH excluding ortho intramolecular Hbond substituents is 2. The molecule has 3 nitrogen and oxygen atoms in total. The van der Waals surface area contributed by atoms with Crippen LogP contribution in [0, 0.1) is 0 Å². The van der Waals surface area contributed by atoms with E-state index in [1.807, 2.05) is 72.8 Å². The molecule has 0 aromatic heterocycles. The molecule has 3 heteroatoms. The standard InChI is InChI=1S/C24H19NO2/c26-21-13-7-5-11-19(21)16-25-24(18-9-2-1-3-10-18)23-20-12-6-4-8-17(20)14-15-22(23)27/h1-16,24,26-27H. The highest BCUT2D eigenvalue weighted by Crippen LogP contribution is 2.38. The van der Waals surface area contributed by atoms with Crippen molar-refractivity contribution >= 4 is 17.0 Å². The van der Waals surface area contributed by atoms with Crippen LogP contribution in [0.25, 0.3) is 10.8 Å². The number of hydrogen-bond donors (Lipinski definition) is 2. The Bertz CT molecular complexity index is 1100. The normalized spacial score (nSPS) is 12.4. The molecule has 0 aliphatic rings. The average molecular weight is 353 g/mol. The fourth-order valence-corrected chi connectivity index (χ4v) is 3.29. The van der Waals surface area contributed by atoms with Gasteiger partial charge in [-0.2, -0.15) is 0 Å². The molecule has 4 rings (SSSR count). The second kappa shape index (κ2) is 7.34. The SMILES string of the molecule is Oc1ccccc1C=NC(c1ccccc1)c1c(O)ccc2ccccc12. The molecular formula is C24H19NO2. The summed E-state index contributed by atoms with van der Waals surface area (Å²) >= 11 is 0. The van der Waals surface area contributed by atoms with Crippen LogP contribution in [0.5, 0.6) is 11.5 Å². The van der Waals surface area contributed by atoms with E-state index in [0.717, 1.165) is 21.9 Å². The zero-order chi connectivity index (χ0) is 18.6. The van der Waals surface area contributed by atoms with Crippen molar-refractivity contribution in [1.29, 1.82) is 0 Å². The van der Waals surface area contributed by atoms with Crippen molar-refractivity contribution in [3.8, 4) is 11.5 Å². The first-order valence-electron chi connectivity index (χ1n) is 8.81. The van der Waals surface area contributed by atoms with E-state index in [1.165, 1.54) is 0 Å². The molecule has 0 saturated heterocycles. The molecule has 0 heterocycles. The maximum Gasteiger partial charge on any atom is 0.124 e. The van der Waals surface area contributed by atoms with E-state index < -0.39 is 6.04 Å². The lowest BCUT2D eigenvalue weighted by atomic mass is 9.93. The molecule has 0 bridgehead atoms. The number of aliphatic imine (C=N–C) groups is 1. The minimum Gasteiger partial charge on any atom is -0.508 e. The second-order valence-corrected chi connectivity index (χ2v) is 6.37. The Morgan fingerprint density at radius 3 is 2.19 bits per heavy atom. The van der Waals surface area contributed by atoms with E-state index in [4.69, 9.17) is 4.99 Å². The smallest absolute Gasteiger partial charge is 0.124 e. The summed E-state index contributed by atoms with van der Waals surface area (Å²) in [6.07, 6.45) is 1.66. The maximum atomic E-state index is 10.7. The number of para-hydroxylation sites is 1. The van der Waals surface area contributed by atoms with Gasteiger partial charge >= 0.3 is 0 Å². The van der Waals surface area contributed by atoms with Crippen LogP contribution in [0.2, 0.25) is 0 Å². The molecule has 2 N–H and O–H groups in total. The molecule has 0 aliphatic carbocycles. The van der Waals surface area contributed by atoms with Crippen molar-refractivity contribution in [2.45, 2.75) is 6.04 Å². The van der Waals surface area contributed by atoms with Gasteiger partial charge in [-0.1, -0.05) is 72.8 Å². The highest BCUT2D eigenvalue weighted by Gasteiger charge is 2.19. The molecule has 132 valence electrons. The molecule has 1 atom stereocenters. The summed E-state index contributed by atoms with van der Waals surface area (Å²) in [7, 11) is 0. The summed E-state index contributed by atoms with van der Waals surface area (Å²) in [5.41, 5.74) is 2.36. The zero-order valence-corrected chi connectivity index (χ0v) is 14.7. The Morgan fingerprint density at radius 2 is 1.37 bits per heavy atom. The van der Waals surface area contributed by atoms with E-state index in [0.29, 0.717) is 5.56 Å². The summed E-state index contributed by atoms with van der Waals surface area (Å²) in [6.45, 7) is 0. The van der Waals surface area contributed by atoms with Crippen LogP contribution in [-0.2, 0) is 0 Å². The molecular weight excluding hydrogens is 334 g/mol. The predicted octanol–water partition coefficient (Wildman–Crippen LogP) is 5.46. The van der Waals surface area contributed by atoms with E-state index in [2.05, 4.69) is 0 Å². The van der Waals surface area contributed by atoms with Gasteiger partial charge in [-0.25, -0.2) is 0 Å². The minimum absolute atomic E-state index is 0.176. The summed E-state index contributed by atoms with van der Waals surface area (Å²) < 4.78 is 0. The fraction of sp³-hybridized carbons (Fsp3) is 0.0417. The topological polar surface area (TPSA) is 52.8 Å². The van der Waals surface area contributed by atoms with E-state index in [1.54, 1.807) is 24.4 Å². The van der Waals surface area contributed by atoms with Crippen LogP contribution < -0.4 is 0 Å². The summed E-state index contributed by atoms with van der Waals surface area (Å²) in [5, 5.41) is 22.7. The van der Waals surface area contributed by atoms with Crippen molar-refractivity contribution in [3.05, 3.63) is 108 Å². The highest BCUT2D eigenvalue weighted by atomic mass is 16.3. The molecule has 1 unspecified atom stereocenters. The highest BCUT2D eigenvalue weighted by molar-refractivity contribution is 5.89. The lowest BCUT2D eigenvalue weighted by molar-refractivity contribution is 0.467. The van der Waals surface area contributed by atoms with Crippen LogP contribution in [0.4, 0.5) is 0 Å². The van der Waals surface area contributed by atoms with Crippen molar-refractivity contribution in [2.24, 2.45) is 4.99 Å². The van der Waals surface area contributed by atoms with Crippen molar-refractivity contribution in [3.63, 3.8) is 0 Å². The van der Waals surface area contributed by atoms with Crippen molar-refractivity contribution in [2.75, 3.05) is 0 Å². The van der Waals surface area contributed by atoms with Gasteiger partial charge in [-0.3, -0.25) is 4.99 Å². The average Bonchev–Trinajstić information content (AvgIpc) is 2.71. The second-order valence-electron chi connectivity index (χ2n) is 6.37. The van der Waals surface area contributed by atoms with E-state index >= 15 is 0 Å².